The van der Waals surface area contributed by atoms with Crippen molar-refractivity contribution in [3.63, 3.8) is 0 Å². The first kappa shape index (κ1) is 21.8. The Hall–Kier alpha value is -3.37. The quantitative estimate of drug-likeness (QED) is 0.321. The number of amides is 1. The van der Waals surface area contributed by atoms with Crippen LogP contribution in [0.5, 0.6) is 5.75 Å². The number of aryl methyl sites for hydroxylation is 1. The second kappa shape index (κ2) is 9.41. The number of carbonyl (C=O) groups excluding carboxylic acids is 1. The predicted molar refractivity (Wildman–Crippen MR) is 131 cm³/mol. The summed E-state index contributed by atoms with van der Waals surface area (Å²) in [6, 6.07) is 21.0. The fraction of sp³-hybridized carbons (Fsp3) is 0.185. The van der Waals surface area contributed by atoms with Gasteiger partial charge in [0.15, 0.2) is 0 Å². The van der Waals surface area contributed by atoms with E-state index in [2.05, 4.69) is 37.1 Å². The van der Waals surface area contributed by atoms with Gasteiger partial charge in [0.2, 0.25) is 0 Å². The summed E-state index contributed by atoms with van der Waals surface area (Å²) < 4.78 is 5.98. The number of aromatic nitrogens is 1. The minimum absolute atomic E-state index is 0.175. The lowest BCUT2D eigenvalue weighted by atomic mass is 9.97. The molecule has 1 heterocycles. The summed E-state index contributed by atoms with van der Waals surface area (Å²) >= 11 is 6.21. The summed E-state index contributed by atoms with van der Waals surface area (Å²) in [5.41, 5.74) is 4.69. The van der Waals surface area contributed by atoms with Gasteiger partial charge in [-0.1, -0.05) is 61.8 Å². The first-order valence-electron chi connectivity index (χ1n) is 10.6. The molecule has 1 amide bonds. The fourth-order valence-corrected chi connectivity index (χ4v) is 4.04. The third-order valence-electron chi connectivity index (χ3n) is 5.47. The zero-order valence-electron chi connectivity index (χ0n) is 18.4. The first-order chi connectivity index (χ1) is 15.4. The van der Waals surface area contributed by atoms with E-state index in [-0.39, 0.29) is 5.91 Å². The maximum absolute atomic E-state index is 12.8. The van der Waals surface area contributed by atoms with Crippen molar-refractivity contribution < 1.29 is 9.53 Å². The molecule has 5 heteroatoms. The smallest absolute Gasteiger partial charge is 0.255 e. The Morgan fingerprint density at radius 2 is 1.81 bits per heavy atom. The number of fused-ring (bicyclic) bond motifs is 1. The number of hydrogen-bond acceptors (Lipinski definition) is 3. The van der Waals surface area contributed by atoms with E-state index in [9.17, 15) is 4.79 Å². The normalized spacial score (nSPS) is 11.0. The number of anilines is 1. The summed E-state index contributed by atoms with van der Waals surface area (Å²) in [6.45, 7) is 6.71. The Morgan fingerprint density at radius 1 is 1.03 bits per heavy atom. The highest BCUT2D eigenvalue weighted by Gasteiger charge is 2.11. The van der Waals surface area contributed by atoms with Gasteiger partial charge in [-0.25, -0.2) is 4.98 Å². The van der Waals surface area contributed by atoms with Crippen LogP contribution in [0.4, 0.5) is 5.69 Å². The van der Waals surface area contributed by atoms with Gasteiger partial charge in [-0.15, -0.1) is 0 Å². The Balaban J connectivity index is 1.48. The first-order valence-corrected chi connectivity index (χ1v) is 11.0. The summed E-state index contributed by atoms with van der Waals surface area (Å²) in [7, 11) is 0. The fourth-order valence-electron chi connectivity index (χ4n) is 3.82. The van der Waals surface area contributed by atoms with Gasteiger partial charge in [0.25, 0.3) is 5.91 Å². The van der Waals surface area contributed by atoms with Crippen LogP contribution in [0.3, 0.4) is 0 Å². The number of carbonyl (C=O) groups is 1. The highest BCUT2D eigenvalue weighted by Crippen LogP contribution is 2.26. The van der Waals surface area contributed by atoms with Crippen LogP contribution in [0.2, 0.25) is 5.15 Å². The molecule has 0 radical (unpaired) electrons. The van der Waals surface area contributed by atoms with Crippen LogP contribution in [0.15, 0.2) is 72.9 Å². The molecule has 162 valence electrons. The highest BCUT2D eigenvalue weighted by atomic mass is 35.5. The van der Waals surface area contributed by atoms with Crippen LogP contribution >= 0.6 is 11.6 Å². The van der Waals surface area contributed by atoms with Gasteiger partial charge in [-0.3, -0.25) is 4.79 Å². The Labute approximate surface area is 193 Å². The van der Waals surface area contributed by atoms with E-state index < -0.39 is 0 Å². The molecule has 4 aromatic rings. The van der Waals surface area contributed by atoms with Crippen molar-refractivity contribution in [1.82, 2.24) is 4.98 Å². The second-order valence-corrected chi connectivity index (χ2v) is 8.47. The Bertz CT molecular complexity index is 1280. The lowest BCUT2D eigenvalue weighted by molar-refractivity contribution is 0.102. The third-order valence-corrected chi connectivity index (χ3v) is 5.77. The predicted octanol–water partition coefficient (Wildman–Crippen LogP) is 7.15. The van der Waals surface area contributed by atoms with Gasteiger partial charge in [0.05, 0.1) is 0 Å². The minimum Gasteiger partial charge on any atom is -0.489 e. The van der Waals surface area contributed by atoms with Crippen molar-refractivity contribution in [1.29, 1.82) is 0 Å². The van der Waals surface area contributed by atoms with Gasteiger partial charge in [-0.2, -0.15) is 0 Å². The van der Waals surface area contributed by atoms with Gasteiger partial charge < -0.3 is 10.1 Å². The van der Waals surface area contributed by atoms with E-state index in [0.29, 0.717) is 29.0 Å². The van der Waals surface area contributed by atoms with Crippen LogP contribution in [0.1, 0.15) is 46.8 Å². The minimum atomic E-state index is -0.175. The molecule has 3 aromatic carbocycles. The van der Waals surface area contributed by atoms with Crippen molar-refractivity contribution in [2.75, 3.05) is 5.32 Å². The maximum atomic E-state index is 12.8. The average Bonchev–Trinajstić information content (AvgIpc) is 2.79. The molecule has 1 N–H and O–H groups in total. The number of benzene rings is 3. The number of rotatable bonds is 6. The van der Waals surface area contributed by atoms with Crippen LogP contribution < -0.4 is 10.1 Å². The van der Waals surface area contributed by atoms with Crippen molar-refractivity contribution >= 4 is 34.0 Å². The largest absolute Gasteiger partial charge is 0.489 e. The summed E-state index contributed by atoms with van der Waals surface area (Å²) in [6.07, 6.45) is 1.73. The molecule has 4 nitrogen and oxygen atoms in total. The number of pyridine rings is 1. The average molecular weight is 445 g/mol. The molecule has 0 bridgehead atoms. The van der Waals surface area contributed by atoms with Gasteiger partial charge >= 0.3 is 0 Å². The molecule has 0 aliphatic carbocycles. The molecular formula is C27H25ClN2O2. The lowest BCUT2D eigenvalue weighted by Gasteiger charge is -2.13. The molecule has 32 heavy (non-hydrogen) atoms. The van der Waals surface area contributed by atoms with E-state index in [1.54, 1.807) is 18.3 Å². The van der Waals surface area contributed by atoms with Crippen molar-refractivity contribution in [2.24, 2.45) is 0 Å². The molecule has 0 unspecified atom stereocenters. The molecular weight excluding hydrogens is 420 g/mol. The van der Waals surface area contributed by atoms with E-state index in [1.807, 2.05) is 48.5 Å². The van der Waals surface area contributed by atoms with Gasteiger partial charge in [0.1, 0.15) is 17.5 Å². The molecule has 0 spiro atoms. The van der Waals surface area contributed by atoms with Gasteiger partial charge in [-0.05, 0) is 59.7 Å². The van der Waals surface area contributed by atoms with Crippen LogP contribution in [-0.4, -0.2) is 10.9 Å². The maximum Gasteiger partial charge on any atom is 0.255 e. The SMILES string of the molecule is Cc1cc(NC(=O)c2cccc(OCc3cnc(Cl)c4ccccc34)c2)ccc1C(C)C. The van der Waals surface area contributed by atoms with Crippen LogP contribution in [0, 0.1) is 6.92 Å². The third kappa shape index (κ3) is 4.76. The number of nitrogens with one attached hydrogen (secondary N) is 1. The molecule has 0 saturated carbocycles. The van der Waals surface area contributed by atoms with Crippen molar-refractivity contribution in [3.8, 4) is 5.75 Å². The molecule has 0 aliphatic rings. The zero-order valence-corrected chi connectivity index (χ0v) is 19.1. The number of halogens is 1. The van der Waals surface area contributed by atoms with E-state index in [1.165, 1.54) is 11.1 Å². The van der Waals surface area contributed by atoms with Gasteiger partial charge in [0, 0.05) is 28.4 Å². The van der Waals surface area contributed by atoms with E-state index in [0.717, 1.165) is 22.0 Å². The molecule has 1 aromatic heterocycles. The molecule has 0 fully saturated rings. The summed E-state index contributed by atoms with van der Waals surface area (Å²) in [4.78, 5) is 17.0. The number of hydrogen-bond donors (Lipinski definition) is 1. The zero-order chi connectivity index (χ0) is 22.7. The molecule has 0 saturated heterocycles. The second-order valence-electron chi connectivity index (χ2n) is 8.12. The van der Waals surface area contributed by atoms with Crippen LogP contribution in [-0.2, 0) is 6.61 Å². The lowest BCUT2D eigenvalue weighted by Crippen LogP contribution is -2.12. The van der Waals surface area contributed by atoms with Crippen molar-refractivity contribution in [3.05, 3.63) is 100 Å². The Morgan fingerprint density at radius 3 is 2.56 bits per heavy atom. The topological polar surface area (TPSA) is 51.2 Å². The van der Waals surface area contributed by atoms with Crippen LogP contribution in [0.25, 0.3) is 10.8 Å². The van der Waals surface area contributed by atoms with E-state index >= 15 is 0 Å². The summed E-state index contributed by atoms with van der Waals surface area (Å²) in [5, 5.41) is 5.34. The number of nitrogens with zero attached hydrogens (tertiary/aromatic N) is 1. The number of ether oxygens (including phenoxy) is 1. The van der Waals surface area contributed by atoms with Crippen molar-refractivity contribution in [2.45, 2.75) is 33.3 Å². The van der Waals surface area contributed by atoms with E-state index in [4.69, 9.17) is 16.3 Å². The highest BCUT2D eigenvalue weighted by molar-refractivity contribution is 6.34. The monoisotopic (exact) mass is 444 g/mol. The summed E-state index contributed by atoms with van der Waals surface area (Å²) in [5.74, 6) is 0.885. The standard InChI is InChI=1S/C27H25ClN2O2/c1-17(2)23-12-11-21(13-18(23)3)30-27(31)19-7-6-8-22(14-19)32-16-20-15-29-26(28)25-10-5-4-9-24(20)25/h4-15,17H,16H2,1-3H3,(H,30,31). The Kier molecular flexibility index (Phi) is 6.42. The molecule has 0 aliphatic heterocycles. The molecule has 4 rings (SSSR count). The molecule has 0 atom stereocenters.